The Morgan fingerprint density at radius 1 is 1.62 bits per heavy atom. The Kier molecular flexibility index (Phi) is 3.79. The Labute approximate surface area is 98.9 Å². The van der Waals surface area contributed by atoms with Gasteiger partial charge in [-0.25, -0.2) is 0 Å². The number of hydrogen-bond acceptors (Lipinski definition) is 3. The average molecular weight is 243 g/mol. The van der Waals surface area contributed by atoms with Crippen LogP contribution in [0, 0.1) is 0 Å². The topological polar surface area (TPSA) is 69.8 Å². The summed E-state index contributed by atoms with van der Waals surface area (Å²) in [5.41, 5.74) is 0.400. The molecule has 0 bridgehead atoms. The molecule has 1 aliphatic rings. The van der Waals surface area contributed by atoms with Gasteiger partial charge in [0.2, 0.25) is 0 Å². The zero-order chi connectivity index (χ0) is 11.4. The quantitative estimate of drug-likeness (QED) is 0.739. The molecule has 1 amide bonds. The van der Waals surface area contributed by atoms with Crippen molar-refractivity contribution < 1.29 is 4.79 Å². The number of halogens is 1. The van der Waals surface area contributed by atoms with Gasteiger partial charge < -0.3 is 10.6 Å². The zero-order valence-corrected chi connectivity index (χ0v) is 9.68. The lowest BCUT2D eigenvalue weighted by atomic mass is 10.1. The van der Waals surface area contributed by atoms with Crippen LogP contribution in [0.3, 0.4) is 0 Å². The van der Waals surface area contributed by atoms with Crippen LogP contribution in [0.1, 0.15) is 29.6 Å². The van der Waals surface area contributed by atoms with Gasteiger partial charge in [-0.3, -0.25) is 9.89 Å². The molecule has 0 saturated carbocycles. The normalized spacial score (nSPS) is 20.7. The van der Waals surface area contributed by atoms with E-state index in [1.54, 1.807) is 0 Å². The summed E-state index contributed by atoms with van der Waals surface area (Å²) in [6.45, 7) is 1.67. The van der Waals surface area contributed by atoms with Crippen molar-refractivity contribution in [2.45, 2.75) is 25.3 Å². The summed E-state index contributed by atoms with van der Waals surface area (Å²) < 4.78 is 0. The standard InChI is InChI=1S/C10H15ClN4O/c11-9-8(6-14-15-9)10(16)13-5-7-3-1-2-4-12-7/h6-7,12H,1-5H2,(H,13,16)(H,14,15). The van der Waals surface area contributed by atoms with Crippen LogP contribution in [0.25, 0.3) is 0 Å². The summed E-state index contributed by atoms with van der Waals surface area (Å²) in [6, 6.07) is 0.378. The van der Waals surface area contributed by atoms with Crippen LogP contribution < -0.4 is 10.6 Å². The minimum Gasteiger partial charge on any atom is -0.350 e. The van der Waals surface area contributed by atoms with Crippen LogP contribution >= 0.6 is 11.6 Å². The first kappa shape index (κ1) is 11.4. The molecule has 1 unspecified atom stereocenters. The van der Waals surface area contributed by atoms with Crippen LogP contribution in [0.15, 0.2) is 6.20 Å². The van der Waals surface area contributed by atoms with E-state index in [0.717, 1.165) is 13.0 Å². The summed E-state index contributed by atoms with van der Waals surface area (Å²) in [7, 11) is 0. The fourth-order valence-corrected chi connectivity index (χ4v) is 2.02. The van der Waals surface area contributed by atoms with Gasteiger partial charge in [0.25, 0.3) is 5.91 Å². The lowest BCUT2D eigenvalue weighted by molar-refractivity contribution is 0.0948. The van der Waals surface area contributed by atoms with Crippen LogP contribution in [0.5, 0.6) is 0 Å². The third-order valence-electron chi connectivity index (χ3n) is 2.76. The Bertz CT molecular complexity index is 359. The van der Waals surface area contributed by atoms with E-state index in [0.29, 0.717) is 18.2 Å². The fraction of sp³-hybridized carbons (Fsp3) is 0.600. The van der Waals surface area contributed by atoms with Crippen LogP contribution in [-0.4, -0.2) is 35.2 Å². The van der Waals surface area contributed by atoms with E-state index in [1.165, 1.54) is 19.0 Å². The molecule has 5 nitrogen and oxygen atoms in total. The summed E-state index contributed by atoms with van der Waals surface area (Å²) >= 11 is 5.76. The molecule has 1 aromatic rings. The number of piperidine rings is 1. The van der Waals surface area contributed by atoms with E-state index < -0.39 is 0 Å². The van der Waals surface area contributed by atoms with Crippen molar-refractivity contribution in [3.63, 3.8) is 0 Å². The molecule has 1 saturated heterocycles. The number of aromatic amines is 1. The molecular weight excluding hydrogens is 228 g/mol. The second-order valence-corrected chi connectivity index (χ2v) is 4.33. The number of amides is 1. The van der Waals surface area contributed by atoms with Crippen molar-refractivity contribution >= 4 is 17.5 Å². The van der Waals surface area contributed by atoms with E-state index in [2.05, 4.69) is 20.8 Å². The highest BCUT2D eigenvalue weighted by Crippen LogP contribution is 2.11. The predicted molar refractivity (Wildman–Crippen MR) is 61.6 cm³/mol. The molecule has 2 rings (SSSR count). The smallest absolute Gasteiger partial charge is 0.256 e. The molecule has 16 heavy (non-hydrogen) atoms. The SMILES string of the molecule is O=C(NCC1CCCCN1)c1cn[nH]c1Cl. The van der Waals surface area contributed by atoms with Crippen molar-refractivity contribution in [2.24, 2.45) is 0 Å². The number of nitrogens with one attached hydrogen (secondary N) is 3. The molecule has 2 heterocycles. The van der Waals surface area contributed by atoms with Gasteiger partial charge in [0.15, 0.2) is 0 Å². The third-order valence-corrected chi connectivity index (χ3v) is 3.05. The first-order valence-corrected chi connectivity index (χ1v) is 5.85. The number of rotatable bonds is 3. The first-order valence-electron chi connectivity index (χ1n) is 5.48. The molecule has 6 heteroatoms. The molecule has 88 valence electrons. The van der Waals surface area contributed by atoms with Gasteiger partial charge in [-0.15, -0.1) is 0 Å². The first-order chi connectivity index (χ1) is 7.77. The molecule has 1 fully saturated rings. The maximum absolute atomic E-state index is 11.7. The van der Waals surface area contributed by atoms with Crippen molar-refractivity contribution in [1.82, 2.24) is 20.8 Å². The van der Waals surface area contributed by atoms with E-state index >= 15 is 0 Å². The second-order valence-electron chi connectivity index (χ2n) is 3.95. The summed E-state index contributed by atoms with van der Waals surface area (Å²) in [5, 5.41) is 12.7. The minimum absolute atomic E-state index is 0.175. The number of nitrogens with zero attached hydrogens (tertiary/aromatic N) is 1. The van der Waals surface area contributed by atoms with Gasteiger partial charge in [-0.05, 0) is 19.4 Å². The van der Waals surface area contributed by atoms with Gasteiger partial charge in [0.05, 0.1) is 11.8 Å². The number of carbonyl (C=O) groups excluding carboxylic acids is 1. The predicted octanol–water partition coefficient (Wildman–Crippen LogP) is 0.935. The average Bonchev–Trinajstić information content (AvgIpc) is 2.74. The highest BCUT2D eigenvalue weighted by Gasteiger charge is 2.16. The third kappa shape index (κ3) is 2.74. The fourth-order valence-electron chi connectivity index (χ4n) is 1.84. The highest BCUT2D eigenvalue weighted by molar-refractivity contribution is 6.32. The maximum atomic E-state index is 11.7. The molecule has 0 radical (unpaired) electrons. The molecule has 0 aromatic carbocycles. The van der Waals surface area contributed by atoms with Crippen molar-refractivity contribution in [3.8, 4) is 0 Å². The van der Waals surface area contributed by atoms with E-state index in [9.17, 15) is 4.79 Å². The molecule has 0 aliphatic carbocycles. The molecule has 1 aromatic heterocycles. The Morgan fingerprint density at radius 3 is 3.12 bits per heavy atom. The molecule has 1 aliphatic heterocycles. The number of hydrogen-bond donors (Lipinski definition) is 3. The van der Waals surface area contributed by atoms with Gasteiger partial charge >= 0.3 is 0 Å². The van der Waals surface area contributed by atoms with Crippen LogP contribution in [0.2, 0.25) is 5.15 Å². The number of carbonyl (C=O) groups is 1. The molecule has 1 atom stereocenters. The molecule has 0 spiro atoms. The Balaban J connectivity index is 1.81. The maximum Gasteiger partial charge on any atom is 0.256 e. The Morgan fingerprint density at radius 2 is 2.50 bits per heavy atom. The van der Waals surface area contributed by atoms with E-state index in [-0.39, 0.29) is 11.1 Å². The lowest BCUT2D eigenvalue weighted by Gasteiger charge is -2.23. The van der Waals surface area contributed by atoms with E-state index in [4.69, 9.17) is 11.6 Å². The largest absolute Gasteiger partial charge is 0.350 e. The number of aromatic nitrogens is 2. The summed E-state index contributed by atoms with van der Waals surface area (Å²) in [6.07, 6.45) is 4.99. The summed E-state index contributed by atoms with van der Waals surface area (Å²) in [4.78, 5) is 11.7. The van der Waals surface area contributed by atoms with Gasteiger partial charge in [-0.2, -0.15) is 5.10 Å². The molecule has 3 N–H and O–H groups in total. The monoisotopic (exact) mass is 242 g/mol. The minimum atomic E-state index is -0.175. The van der Waals surface area contributed by atoms with E-state index in [1.807, 2.05) is 0 Å². The summed E-state index contributed by atoms with van der Waals surface area (Å²) in [5.74, 6) is -0.175. The van der Waals surface area contributed by atoms with Crippen molar-refractivity contribution in [1.29, 1.82) is 0 Å². The van der Waals surface area contributed by atoms with Crippen molar-refractivity contribution in [3.05, 3.63) is 16.9 Å². The Hall–Kier alpha value is -1.07. The highest BCUT2D eigenvalue weighted by atomic mass is 35.5. The van der Waals surface area contributed by atoms with Gasteiger partial charge in [0, 0.05) is 12.6 Å². The lowest BCUT2D eigenvalue weighted by Crippen LogP contribution is -2.43. The van der Waals surface area contributed by atoms with Crippen LogP contribution in [-0.2, 0) is 0 Å². The number of H-pyrrole nitrogens is 1. The van der Waals surface area contributed by atoms with Gasteiger partial charge in [0.1, 0.15) is 5.15 Å². The zero-order valence-electron chi connectivity index (χ0n) is 8.92. The second kappa shape index (κ2) is 5.32. The molecular formula is C10H15ClN4O. The van der Waals surface area contributed by atoms with Crippen molar-refractivity contribution in [2.75, 3.05) is 13.1 Å². The van der Waals surface area contributed by atoms with Crippen LogP contribution in [0.4, 0.5) is 0 Å². The van der Waals surface area contributed by atoms with Gasteiger partial charge in [-0.1, -0.05) is 18.0 Å².